The minimum atomic E-state index is 0.354. The molecule has 92 valence electrons. The van der Waals surface area contributed by atoms with Crippen molar-refractivity contribution in [3.8, 4) is 11.5 Å². The highest BCUT2D eigenvalue weighted by atomic mass is 16.7. The summed E-state index contributed by atoms with van der Waals surface area (Å²) in [5, 5.41) is 0. The number of hydrogen-bond donors (Lipinski definition) is 0. The quantitative estimate of drug-likeness (QED) is 0.783. The maximum atomic E-state index is 5.61. The van der Waals surface area contributed by atoms with E-state index in [1.54, 1.807) is 0 Å². The van der Waals surface area contributed by atoms with Crippen molar-refractivity contribution in [1.29, 1.82) is 0 Å². The number of hydrogen-bond acceptors (Lipinski definition) is 3. The highest BCUT2D eigenvalue weighted by Crippen LogP contribution is 2.43. The standard InChI is InChI=1S/C14H19NO2/c1-10(2)11-6-4-8-15(11)12-5-3-7-13-14(12)17-9-16-13/h3,5,7,10-11H,4,6,8-9H2,1-2H3. The molecule has 1 aromatic carbocycles. The van der Waals surface area contributed by atoms with Crippen LogP contribution in [0.2, 0.25) is 0 Å². The molecule has 2 aliphatic rings. The molecule has 2 heterocycles. The van der Waals surface area contributed by atoms with Crippen LogP contribution in [0.3, 0.4) is 0 Å². The highest BCUT2D eigenvalue weighted by Gasteiger charge is 2.31. The summed E-state index contributed by atoms with van der Waals surface area (Å²) < 4.78 is 11.1. The fraction of sp³-hybridized carbons (Fsp3) is 0.571. The van der Waals surface area contributed by atoms with Crippen LogP contribution in [0.1, 0.15) is 26.7 Å². The van der Waals surface area contributed by atoms with Crippen molar-refractivity contribution in [3.05, 3.63) is 18.2 Å². The van der Waals surface area contributed by atoms with Crippen molar-refractivity contribution < 1.29 is 9.47 Å². The number of para-hydroxylation sites is 1. The molecule has 1 fully saturated rings. The summed E-state index contributed by atoms with van der Waals surface area (Å²) in [6.07, 6.45) is 2.55. The summed E-state index contributed by atoms with van der Waals surface area (Å²) in [4.78, 5) is 2.48. The van der Waals surface area contributed by atoms with Gasteiger partial charge in [0.1, 0.15) is 0 Å². The molecule has 0 aromatic heterocycles. The van der Waals surface area contributed by atoms with Gasteiger partial charge in [0.05, 0.1) is 5.69 Å². The van der Waals surface area contributed by atoms with Gasteiger partial charge in [-0.3, -0.25) is 0 Å². The molecule has 3 rings (SSSR count). The Bertz CT molecular complexity index is 417. The molecule has 0 spiro atoms. The molecule has 0 N–H and O–H groups in total. The number of nitrogens with zero attached hydrogens (tertiary/aromatic N) is 1. The van der Waals surface area contributed by atoms with Gasteiger partial charge in [-0.25, -0.2) is 0 Å². The number of ether oxygens (including phenoxy) is 2. The van der Waals surface area contributed by atoms with E-state index in [9.17, 15) is 0 Å². The van der Waals surface area contributed by atoms with Crippen LogP contribution in [-0.2, 0) is 0 Å². The number of benzene rings is 1. The first kappa shape index (κ1) is 10.8. The summed E-state index contributed by atoms with van der Waals surface area (Å²) in [6, 6.07) is 6.81. The Hall–Kier alpha value is -1.38. The van der Waals surface area contributed by atoms with Crippen molar-refractivity contribution >= 4 is 5.69 Å². The van der Waals surface area contributed by atoms with Crippen molar-refractivity contribution in [2.24, 2.45) is 5.92 Å². The molecule has 1 aromatic rings. The first-order chi connectivity index (χ1) is 8.27. The Kier molecular flexibility index (Phi) is 2.61. The Morgan fingerprint density at radius 2 is 2.18 bits per heavy atom. The molecule has 2 aliphatic heterocycles. The molecule has 0 saturated carbocycles. The smallest absolute Gasteiger partial charge is 0.231 e. The van der Waals surface area contributed by atoms with Gasteiger partial charge in [0.2, 0.25) is 6.79 Å². The molecular formula is C14H19NO2. The number of rotatable bonds is 2. The van der Waals surface area contributed by atoms with Crippen LogP contribution in [0.15, 0.2) is 18.2 Å². The lowest BCUT2D eigenvalue weighted by Crippen LogP contribution is -2.33. The second kappa shape index (κ2) is 4.13. The van der Waals surface area contributed by atoms with E-state index >= 15 is 0 Å². The van der Waals surface area contributed by atoms with Gasteiger partial charge in [-0.15, -0.1) is 0 Å². The highest BCUT2D eigenvalue weighted by molar-refractivity contribution is 5.66. The zero-order chi connectivity index (χ0) is 11.8. The summed E-state index contributed by atoms with van der Waals surface area (Å²) in [6.45, 7) is 6.07. The molecule has 0 aliphatic carbocycles. The maximum absolute atomic E-state index is 5.61. The lowest BCUT2D eigenvalue weighted by molar-refractivity contribution is 0.174. The van der Waals surface area contributed by atoms with E-state index in [4.69, 9.17) is 9.47 Å². The average molecular weight is 233 g/mol. The Labute approximate surface area is 102 Å². The normalized spacial score (nSPS) is 22.5. The Balaban J connectivity index is 1.96. The summed E-state index contributed by atoms with van der Waals surface area (Å²) >= 11 is 0. The minimum Gasteiger partial charge on any atom is -0.454 e. The second-order valence-corrected chi connectivity index (χ2v) is 5.16. The van der Waals surface area contributed by atoms with Gasteiger partial charge < -0.3 is 14.4 Å². The fourth-order valence-corrected chi connectivity index (χ4v) is 2.93. The molecule has 3 nitrogen and oxygen atoms in total. The predicted molar refractivity (Wildman–Crippen MR) is 67.8 cm³/mol. The molecule has 1 saturated heterocycles. The molecule has 17 heavy (non-hydrogen) atoms. The monoisotopic (exact) mass is 233 g/mol. The van der Waals surface area contributed by atoms with Crippen LogP contribution in [0.4, 0.5) is 5.69 Å². The molecular weight excluding hydrogens is 214 g/mol. The topological polar surface area (TPSA) is 21.7 Å². The van der Waals surface area contributed by atoms with E-state index < -0.39 is 0 Å². The zero-order valence-electron chi connectivity index (χ0n) is 10.5. The van der Waals surface area contributed by atoms with Crippen molar-refractivity contribution in [2.75, 3.05) is 18.2 Å². The van der Waals surface area contributed by atoms with Crippen LogP contribution in [0.25, 0.3) is 0 Å². The second-order valence-electron chi connectivity index (χ2n) is 5.16. The number of fused-ring (bicyclic) bond motifs is 1. The van der Waals surface area contributed by atoms with Gasteiger partial charge in [0, 0.05) is 12.6 Å². The number of anilines is 1. The van der Waals surface area contributed by atoms with Crippen molar-refractivity contribution in [3.63, 3.8) is 0 Å². The zero-order valence-corrected chi connectivity index (χ0v) is 10.5. The first-order valence-electron chi connectivity index (χ1n) is 6.42. The third-order valence-electron chi connectivity index (χ3n) is 3.75. The van der Waals surface area contributed by atoms with E-state index in [2.05, 4.69) is 30.9 Å². The van der Waals surface area contributed by atoms with Crippen LogP contribution in [0.5, 0.6) is 11.5 Å². The van der Waals surface area contributed by atoms with E-state index in [1.807, 2.05) is 6.07 Å². The SMILES string of the molecule is CC(C)C1CCCN1c1cccc2c1OCO2. The fourth-order valence-electron chi connectivity index (χ4n) is 2.93. The Morgan fingerprint density at radius 1 is 1.29 bits per heavy atom. The third kappa shape index (κ3) is 1.74. The van der Waals surface area contributed by atoms with Crippen LogP contribution in [-0.4, -0.2) is 19.4 Å². The molecule has 0 bridgehead atoms. The summed E-state index contributed by atoms with van der Waals surface area (Å²) in [5.41, 5.74) is 1.20. The van der Waals surface area contributed by atoms with E-state index in [0.29, 0.717) is 18.8 Å². The first-order valence-corrected chi connectivity index (χ1v) is 6.42. The average Bonchev–Trinajstić information content (AvgIpc) is 2.97. The van der Waals surface area contributed by atoms with Gasteiger partial charge in [-0.1, -0.05) is 19.9 Å². The van der Waals surface area contributed by atoms with Gasteiger partial charge >= 0.3 is 0 Å². The summed E-state index contributed by atoms with van der Waals surface area (Å²) in [7, 11) is 0. The van der Waals surface area contributed by atoms with Gasteiger partial charge in [0.15, 0.2) is 11.5 Å². The van der Waals surface area contributed by atoms with E-state index in [1.165, 1.54) is 18.5 Å². The molecule has 3 heteroatoms. The minimum absolute atomic E-state index is 0.354. The third-order valence-corrected chi connectivity index (χ3v) is 3.75. The van der Waals surface area contributed by atoms with Gasteiger partial charge in [0.25, 0.3) is 0 Å². The lowest BCUT2D eigenvalue weighted by atomic mass is 10.0. The predicted octanol–water partition coefficient (Wildman–Crippen LogP) is 3.04. The molecule has 1 atom stereocenters. The van der Waals surface area contributed by atoms with Crippen LogP contribution >= 0.6 is 0 Å². The molecule has 0 radical (unpaired) electrons. The van der Waals surface area contributed by atoms with Gasteiger partial charge in [-0.2, -0.15) is 0 Å². The van der Waals surface area contributed by atoms with Crippen molar-refractivity contribution in [2.45, 2.75) is 32.7 Å². The van der Waals surface area contributed by atoms with Crippen molar-refractivity contribution in [1.82, 2.24) is 0 Å². The van der Waals surface area contributed by atoms with E-state index in [-0.39, 0.29) is 0 Å². The summed E-state index contributed by atoms with van der Waals surface area (Å²) in [5.74, 6) is 2.49. The van der Waals surface area contributed by atoms with Crippen LogP contribution in [0, 0.1) is 5.92 Å². The maximum Gasteiger partial charge on any atom is 0.231 e. The van der Waals surface area contributed by atoms with E-state index in [0.717, 1.165) is 18.0 Å². The lowest BCUT2D eigenvalue weighted by Gasteiger charge is -2.30. The van der Waals surface area contributed by atoms with Gasteiger partial charge in [-0.05, 0) is 30.9 Å². The largest absolute Gasteiger partial charge is 0.454 e. The molecule has 1 unspecified atom stereocenters. The molecule has 0 amide bonds. The Morgan fingerprint density at radius 3 is 3.00 bits per heavy atom. The van der Waals surface area contributed by atoms with Crippen LogP contribution < -0.4 is 14.4 Å².